The maximum absolute atomic E-state index is 10.9. The van der Waals surface area contributed by atoms with E-state index < -0.39 is 21.1 Å². The largest absolute Gasteiger partial charge is 0.386 e. The first kappa shape index (κ1) is 21.2. The van der Waals surface area contributed by atoms with Gasteiger partial charge in [0.25, 0.3) is 0 Å². The third-order valence-corrected chi connectivity index (χ3v) is 9.43. The summed E-state index contributed by atoms with van der Waals surface area (Å²) in [5, 5.41) is 25.4. The molecule has 0 radical (unpaired) electrons. The summed E-state index contributed by atoms with van der Waals surface area (Å²) in [5.74, 6) is 1.87. The molecule has 1 aliphatic carbocycles. The highest BCUT2D eigenvalue weighted by atomic mass is 32.2. The van der Waals surface area contributed by atoms with Gasteiger partial charge in [0, 0.05) is 5.70 Å². The van der Waals surface area contributed by atoms with Crippen LogP contribution in [0.2, 0.25) is 0 Å². The van der Waals surface area contributed by atoms with E-state index in [-0.39, 0.29) is 5.84 Å². The summed E-state index contributed by atoms with van der Waals surface area (Å²) in [5.41, 5.74) is 7.43. The van der Waals surface area contributed by atoms with Crippen LogP contribution in [0.4, 0.5) is 0 Å². The fourth-order valence-corrected chi connectivity index (χ4v) is 8.69. The van der Waals surface area contributed by atoms with Gasteiger partial charge in [-0.25, -0.2) is 4.99 Å². The quantitative estimate of drug-likeness (QED) is 0.647. The van der Waals surface area contributed by atoms with Crippen LogP contribution in [0.1, 0.15) is 51.1 Å². The Balaban J connectivity index is 2.09. The van der Waals surface area contributed by atoms with E-state index in [2.05, 4.69) is 31.3 Å². The number of benzene rings is 1. The fraction of sp³-hybridized carbons (Fsp3) is 0.522. The molecule has 0 saturated heterocycles. The molecule has 0 saturated carbocycles. The van der Waals surface area contributed by atoms with Crippen LogP contribution in [0.25, 0.3) is 0 Å². The van der Waals surface area contributed by atoms with Crippen molar-refractivity contribution in [2.45, 2.75) is 49.8 Å². The Kier molecular flexibility index (Phi) is 5.55. The van der Waals surface area contributed by atoms with Crippen molar-refractivity contribution in [3.05, 3.63) is 47.2 Å². The molecule has 3 aliphatic rings. The summed E-state index contributed by atoms with van der Waals surface area (Å²) in [4.78, 5) is 5.00. The Hall–Kier alpha value is -2.09. The van der Waals surface area contributed by atoms with E-state index in [1.165, 1.54) is 0 Å². The predicted molar refractivity (Wildman–Crippen MR) is 125 cm³/mol. The lowest BCUT2D eigenvalue weighted by atomic mass is 9.53. The van der Waals surface area contributed by atoms with Gasteiger partial charge in [-0.2, -0.15) is 10.5 Å². The minimum atomic E-state index is -1.26. The lowest BCUT2D eigenvalue weighted by Gasteiger charge is -2.54. The van der Waals surface area contributed by atoms with E-state index >= 15 is 0 Å². The molecule has 0 amide bonds. The SMILES string of the molecule is CCSC1(SCC)N=C(N)[C@@]2(C#N)[C@@H](c3ccccc3)NC3=C(CCCC3)[C@]12C#N. The van der Waals surface area contributed by atoms with Gasteiger partial charge >= 0.3 is 0 Å². The minimum Gasteiger partial charge on any atom is -0.386 e. The predicted octanol–water partition coefficient (Wildman–Crippen LogP) is 4.71. The number of hydrogen-bond acceptors (Lipinski definition) is 7. The van der Waals surface area contributed by atoms with Gasteiger partial charge in [-0.1, -0.05) is 44.2 Å². The van der Waals surface area contributed by atoms with Crippen molar-refractivity contribution in [3.8, 4) is 12.1 Å². The number of nitrogens with two attached hydrogens (primary N) is 1. The van der Waals surface area contributed by atoms with E-state index in [9.17, 15) is 10.5 Å². The van der Waals surface area contributed by atoms with Crippen molar-refractivity contribution in [3.63, 3.8) is 0 Å². The zero-order chi connectivity index (χ0) is 21.4. The van der Waals surface area contributed by atoms with Gasteiger partial charge in [0.05, 0.1) is 18.2 Å². The summed E-state index contributed by atoms with van der Waals surface area (Å²) in [6.45, 7) is 4.16. The number of amidine groups is 1. The van der Waals surface area contributed by atoms with E-state index in [1.54, 1.807) is 23.5 Å². The summed E-state index contributed by atoms with van der Waals surface area (Å²) >= 11 is 3.30. The van der Waals surface area contributed by atoms with E-state index in [1.807, 2.05) is 30.3 Å². The molecule has 2 heterocycles. The lowest BCUT2D eigenvalue weighted by molar-refractivity contribution is 0.185. The normalized spacial score (nSPS) is 31.6. The maximum atomic E-state index is 10.9. The summed E-state index contributed by atoms with van der Waals surface area (Å²) in [6.07, 6.45) is 3.80. The molecule has 7 heteroatoms. The molecular formula is C23H27N5S2. The number of nitriles is 2. The molecule has 3 atom stereocenters. The van der Waals surface area contributed by atoms with Crippen molar-refractivity contribution in [1.82, 2.24) is 5.32 Å². The molecule has 1 aromatic rings. The second-order valence-electron chi connectivity index (χ2n) is 7.88. The molecule has 4 rings (SSSR count). The van der Waals surface area contributed by atoms with Crippen LogP contribution < -0.4 is 11.1 Å². The van der Waals surface area contributed by atoms with Gasteiger partial charge in [-0.05, 0) is 48.3 Å². The van der Waals surface area contributed by atoms with Gasteiger partial charge in [-0.3, -0.25) is 0 Å². The molecule has 0 bridgehead atoms. The Bertz CT molecular complexity index is 968. The van der Waals surface area contributed by atoms with Crippen LogP contribution in [-0.2, 0) is 0 Å². The first-order valence-electron chi connectivity index (χ1n) is 10.6. The molecule has 5 nitrogen and oxygen atoms in total. The standard InChI is InChI=1S/C23H27N5S2/c1-3-29-23(30-4-2)22(15-25)17-12-8-9-13-18(17)27-19(16-10-6-5-7-11-16)21(22,14-24)20(26)28-23/h5-7,10-11,19,27H,3-4,8-9,12-13H2,1-2H3,(H2,26,28)/t19-,21-,22+/m1/s1. The molecule has 30 heavy (non-hydrogen) atoms. The van der Waals surface area contributed by atoms with Crippen LogP contribution >= 0.6 is 23.5 Å². The molecule has 0 unspecified atom stereocenters. The molecule has 2 aliphatic heterocycles. The summed E-state index contributed by atoms with van der Waals surface area (Å²) < 4.78 is -0.821. The Morgan fingerprint density at radius 2 is 1.77 bits per heavy atom. The van der Waals surface area contributed by atoms with Crippen molar-refractivity contribution < 1.29 is 0 Å². The van der Waals surface area contributed by atoms with E-state index in [0.717, 1.165) is 54.0 Å². The number of aliphatic imine (C=N–C) groups is 1. The number of allylic oxidation sites excluding steroid dienone is 1. The molecule has 156 valence electrons. The highest BCUT2D eigenvalue weighted by molar-refractivity contribution is 8.18. The highest BCUT2D eigenvalue weighted by Gasteiger charge is 2.77. The fourth-order valence-electron chi connectivity index (χ4n) is 5.45. The third-order valence-electron chi connectivity index (χ3n) is 6.57. The van der Waals surface area contributed by atoms with Crippen molar-refractivity contribution in [1.29, 1.82) is 10.5 Å². The molecule has 0 spiro atoms. The number of fused-ring (bicyclic) bond motifs is 2. The van der Waals surface area contributed by atoms with E-state index in [4.69, 9.17) is 10.7 Å². The van der Waals surface area contributed by atoms with Gasteiger partial charge in [0.2, 0.25) is 0 Å². The lowest BCUT2D eigenvalue weighted by Crippen LogP contribution is -2.62. The number of nitrogens with one attached hydrogen (secondary N) is 1. The molecule has 0 fully saturated rings. The number of hydrogen-bond donors (Lipinski definition) is 2. The molecule has 3 N–H and O–H groups in total. The van der Waals surface area contributed by atoms with E-state index in [0.29, 0.717) is 0 Å². The maximum Gasteiger partial charge on any atom is 0.178 e. The zero-order valence-corrected chi connectivity index (χ0v) is 19.1. The average Bonchev–Trinajstić information content (AvgIpc) is 2.99. The van der Waals surface area contributed by atoms with Gasteiger partial charge < -0.3 is 11.1 Å². The second kappa shape index (κ2) is 7.87. The summed E-state index contributed by atoms with van der Waals surface area (Å²) in [6, 6.07) is 14.8. The monoisotopic (exact) mass is 437 g/mol. The smallest absolute Gasteiger partial charge is 0.178 e. The third kappa shape index (κ3) is 2.52. The number of nitrogens with zero attached hydrogens (tertiary/aromatic N) is 3. The first-order chi connectivity index (χ1) is 14.6. The van der Waals surface area contributed by atoms with Crippen LogP contribution in [0, 0.1) is 33.5 Å². The molecule has 1 aromatic carbocycles. The van der Waals surface area contributed by atoms with Crippen LogP contribution in [0.3, 0.4) is 0 Å². The van der Waals surface area contributed by atoms with Crippen molar-refractivity contribution in [2.24, 2.45) is 21.6 Å². The van der Waals surface area contributed by atoms with Crippen molar-refractivity contribution >= 4 is 29.4 Å². The average molecular weight is 438 g/mol. The van der Waals surface area contributed by atoms with Gasteiger partial charge in [0.1, 0.15) is 5.84 Å². The topological polar surface area (TPSA) is 98.0 Å². The molecule has 0 aromatic heterocycles. The van der Waals surface area contributed by atoms with Crippen LogP contribution in [0.5, 0.6) is 0 Å². The Morgan fingerprint density at radius 1 is 1.10 bits per heavy atom. The summed E-state index contributed by atoms with van der Waals surface area (Å²) in [7, 11) is 0. The minimum absolute atomic E-state index is 0.284. The van der Waals surface area contributed by atoms with Gasteiger partial charge in [0.15, 0.2) is 15.0 Å². The second-order valence-corrected chi connectivity index (χ2v) is 11.1. The van der Waals surface area contributed by atoms with Crippen LogP contribution in [0.15, 0.2) is 46.6 Å². The van der Waals surface area contributed by atoms with Crippen molar-refractivity contribution in [2.75, 3.05) is 11.5 Å². The Labute approximate surface area is 187 Å². The molecular weight excluding hydrogens is 410 g/mol. The number of rotatable bonds is 5. The Morgan fingerprint density at radius 3 is 2.37 bits per heavy atom. The number of thioether (sulfide) groups is 2. The first-order valence-corrected chi connectivity index (χ1v) is 12.5. The van der Waals surface area contributed by atoms with Crippen LogP contribution in [-0.4, -0.2) is 21.5 Å². The highest BCUT2D eigenvalue weighted by Crippen LogP contribution is 2.72. The zero-order valence-electron chi connectivity index (χ0n) is 17.4. The van der Waals surface area contributed by atoms with Gasteiger partial charge in [-0.15, -0.1) is 23.5 Å².